The number of aliphatic carboxylic acids is 1. The van der Waals surface area contributed by atoms with Crippen molar-refractivity contribution in [1.29, 1.82) is 0 Å². The topological polar surface area (TPSA) is 84.9 Å². The maximum atomic E-state index is 14.3. The quantitative estimate of drug-likeness (QED) is 0.135. The molecule has 0 spiro atoms. The Balaban J connectivity index is 1.29. The van der Waals surface area contributed by atoms with E-state index >= 15 is 0 Å². The molecule has 2 bridgehead atoms. The van der Waals surface area contributed by atoms with Crippen molar-refractivity contribution in [3.8, 4) is 11.5 Å². The average molecular weight is 624 g/mol. The molecule has 1 heterocycles. The molecule has 2 N–H and O–H groups in total. The van der Waals surface area contributed by atoms with Crippen LogP contribution in [-0.2, 0) is 22.1 Å². The lowest BCUT2D eigenvalue weighted by Crippen LogP contribution is -2.17. The van der Waals surface area contributed by atoms with E-state index in [1.165, 1.54) is 18.2 Å². The van der Waals surface area contributed by atoms with Crippen LogP contribution >= 0.6 is 11.6 Å². The summed E-state index contributed by atoms with van der Waals surface area (Å²) in [5.41, 5.74) is 1.26. The van der Waals surface area contributed by atoms with E-state index in [2.05, 4.69) is 5.32 Å². The van der Waals surface area contributed by atoms with Gasteiger partial charge in [0.1, 0.15) is 29.1 Å². The van der Waals surface area contributed by atoms with Gasteiger partial charge >= 0.3 is 18.1 Å². The Morgan fingerprint density at radius 1 is 1.00 bits per heavy atom. The minimum absolute atomic E-state index is 0.0866. The zero-order valence-electron chi connectivity index (χ0n) is 23.7. The number of carboxylic acid groups (broad SMARTS) is 1. The lowest BCUT2D eigenvalue weighted by Gasteiger charge is -2.22. The molecular weight excluding hydrogens is 595 g/mol. The van der Waals surface area contributed by atoms with Gasteiger partial charge in [-0.15, -0.1) is 0 Å². The van der Waals surface area contributed by atoms with Crippen molar-refractivity contribution in [2.75, 3.05) is 11.9 Å². The second-order valence-electron chi connectivity index (χ2n) is 10.5. The summed E-state index contributed by atoms with van der Waals surface area (Å²) in [5.74, 6) is -3.55. The summed E-state index contributed by atoms with van der Waals surface area (Å²) in [6, 6.07) is 23.5. The third-order valence-corrected chi connectivity index (χ3v) is 7.89. The first-order valence-corrected chi connectivity index (χ1v) is 14.4. The van der Waals surface area contributed by atoms with E-state index in [-0.39, 0.29) is 23.3 Å². The first-order valence-electron chi connectivity index (χ1n) is 14.1. The molecule has 4 aromatic carbocycles. The lowest BCUT2D eigenvalue weighted by molar-refractivity contribution is -0.140. The normalized spacial score (nSPS) is 14.5. The van der Waals surface area contributed by atoms with Gasteiger partial charge in [-0.1, -0.05) is 60.1 Å². The molecular formula is C34H29ClF3NO5. The van der Waals surface area contributed by atoms with E-state index in [1.807, 2.05) is 30.3 Å². The minimum atomic E-state index is -4.87. The van der Waals surface area contributed by atoms with Gasteiger partial charge in [-0.2, -0.15) is 13.2 Å². The van der Waals surface area contributed by atoms with Crippen molar-refractivity contribution in [3.05, 3.63) is 123 Å². The second-order valence-corrected chi connectivity index (χ2v) is 10.8. The summed E-state index contributed by atoms with van der Waals surface area (Å²) in [7, 11) is 0. The van der Waals surface area contributed by atoms with E-state index in [0.717, 1.165) is 11.3 Å². The summed E-state index contributed by atoms with van der Waals surface area (Å²) in [6.07, 6.45) is -4.18. The largest absolute Gasteiger partial charge is 0.481 e. The first-order chi connectivity index (χ1) is 21.0. The maximum Gasteiger partial charge on any atom is 0.421 e. The zero-order chi connectivity index (χ0) is 31.4. The number of carboxylic acids is 1. The van der Waals surface area contributed by atoms with E-state index in [0.29, 0.717) is 30.5 Å². The summed E-state index contributed by atoms with van der Waals surface area (Å²) in [4.78, 5) is 24.8. The minimum Gasteiger partial charge on any atom is -0.481 e. The van der Waals surface area contributed by atoms with E-state index in [1.54, 1.807) is 43.3 Å². The number of nitrogens with one attached hydrogen (secondary N) is 1. The molecule has 0 radical (unpaired) electrons. The highest BCUT2D eigenvalue weighted by atomic mass is 35.5. The van der Waals surface area contributed by atoms with Crippen LogP contribution in [0.2, 0.25) is 5.02 Å². The fraction of sp³-hybridized carbons (Fsp3) is 0.235. The van der Waals surface area contributed by atoms with Crippen molar-refractivity contribution in [2.24, 2.45) is 0 Å². The fourth-order valence-corrected chi connectivity index (χ4v) is 5.70. The standard InChI is InChI=1S/C34H29ClF3NO5/c1-20(43-33(42)21-10-3-2-4-11-21)25-15-5-6-16-27(25)39-17-8-7-12-23-19-26-28(32(40)41)22-13-9-14-24(18-22)44-31(26)29(30(23)35)34(36,37)38/h2-6,9-11,13-16,18-20,28,39H,7-8,12,17H2,1H3,(H,40,41). The zero-order valence-corrected chi connectivity index (χ0v) is 24.4. The molecule has 0 saturated heterocycles. The summed E-state index contributed by atoms with van der Waals surface area (Å²) >= 11 is 6.35. The number of anilines is 1. The highest BCUT2D eigenvalue weighted by molar-refractivity contribution is 6.32. The summed E-state index contributed by atoms with van der Waals surface area (Å²) in [6.45, 7) is 2.27. The van der Waals surface area contributed by atoms with Gasteiger partial charge in [-0.05, 0) is 73.7 Å². The maximum absolute atomic E-state index is 14.3. The number of aryl methyl sites for hydroxylation is 1. The molecule has 4 aromatic rings. The number of unbranched alkanes of at least 4 members (excludes halogenated alkanes) is 1. The van der Waals surface area contributed by atoms with Gasteiger partial charge < -0.3 is 19.9 Å². The van der Waals surface area contributed by atoms with Crippen molar-refractivity contribution in [3.63, 3.8) is 0 Å². The Labute approximate surface area is 257 Å². The number of rotatable bonds is 10. The van der Waals surface area contributed by atoms with Crippen molar-refractivity contribution < 1.29 is 37.3 Å². The number of alkyl halides is 3. The number of carbonyl (C=O) groups is 2. The number of para-hydroxylation sites is 1. The molecule has 2 atom stereocenters. The van der Waals surface area contributed by atoms with Crippen LogP contribution in [0.15, 0.2) is 84.9 Å². The number of carbonyl (C=O) groups excluding carboxylic acids is 1. The molecule has 2 unspecified atom stereocenters. The van der Waals surface area contributed by atoms with Crippen LogP contribution < -0.4 is 10.1 Å². The molecule has 10 heteroatoms. The molecule has 0 aliphatic carbocycles. The Morgan fingerprint density at radius 2 is 1.73 bits per heavy atom. The highest BCUT2D eigenvalue weighted by Gasteiger charge is 2.42. The van der Waals surface area contributed by atoms with Crippen LogP contribution in [-0.4, -0.2) is 23.6 Å². The average Bonchev–Trinajstić information content (AvgIpc) is 3.09. The number of benzene rings is 4. The van der Waals surface area contributed by atoms with Gasteiger partial charge in [0, 0.05) is 23.4 Å². The van der Waals surface area contributed by atoms with Gasteiger partial charge in [-0.25, -0.2) is 4.79 Å². The Morgan fingerprint density at radius 3 is 2.45 bits per heavy atom. The van der Waals surface area contributed by atoms with Crippen LogP contribution in [0.25, 0.3) is 0 Å². The van der Waals surface area contributed by atoms with Gasteiger partial charge in [0.2, 0.25) is 0 Å². The molecule has 0 aromatic heterocycles. The summed E-state index contributed by atoms with van der Waals surface area (Å²) in [5, 5.41) is 12.8. The SMILES string of the molecule is CC(OC(=O)c1ccccc1)c1ccccc1NCCCCc1cc2c(c(C(F)(F)F)c1Cl)Oc1cccc(c1)C2C(=O)O. The lowest BCUT2D eigenvalue weighted by atomic mass is 9.87. The van der Waals surface area contributed by atoms with E-state index in [9.17, 15) is 27.9 Å². The van der Waals surface area contributed by atoms with E-state index in [4.69, 9.17) is 21.1 Å². The number of esters is 1. The van der Waals surface area contributed by atoms with Crippen molar-refractivity contribution >= 4 is 29.2 Å². The van der Waals surface area contributed by atoms with Crippen LogP contribution in [0.4, 0.5) is 18.9 Å². The number of halogens is 4. The molecule has 0 fully saturated rings. The molecule has 0 saturated carbocycles. The Hall–Kier alpha value is -4.50. The first kappa shape index (κ1) is 30.9. The Bertz CT molecular complexity index is 1680. The predicted octanol–water partition coefficient (Wildman–Crippen LogP) is 9.03. The molecule has 228 valence electrons. The van der Waals surface area contributed by atoms with Crippen molar-refractivity contribution in [2.45, 2.75) is 44.4 Å². The summed E-state index contributed by atoms with van der Waals surface area (Å²) < 4.78 is 54.2. The predicted molar refractivity (Wildman–Crippen MR) is 161 cm³/mol. The second kappa shape index (κ2) is 13.0. The van der Waals surface area contributed by atoms with Gasteiger partial charge in [-0.3, -0.25) is 4.79 Å². The van der Waals surface area contributed by atoms with Crippen LogP contribution in [0.3, 0.4) is 0 Å². The van der Waals surface area contributed by atoms with Crippen molar-refractivity contribution in [1.82, 2.24) is 0 Å². The van der Waals surface area contributed by atoms with Gasteiger partial charge in [0.05, 0.1) is 10.6 Å². The van der Waals surface area contributed by atoms with Crippen LogP contribution in [0, 0.1) is 0 Å². The third kappa shape index (κ3) is 6.68. The number of hydrogen-bond acceptors (Lipinski definition) is 5. The molecule has 0 amide bonds. The molecule has 6 nitrogen and oxygen atoms in total. The third-order valence-electron chi connectivity index (χ3n) is 7.45. The smallest absolute Gasteiger partial charge is 0.421 e. The van der Waals surface area contributed by atoms with Crippen LogP contribution in [0.1, 0.15) is 70.0 Å². The van der Waals surface area contributed by atoms with Crippen LogP contribution in [0.5, 0.6) is 11.5 Å². The molecule has 1 aliphatic rings. The van der Waals surface area contributed by atoms with E-state index < -0.39 is 46.5 Å². The molecule has 1 aliphatic heterocycles. The van der Waals surface area contributed by atoms with Gasteiger partial charge in [0.15, 0.2) is 0 Å². The molecule has 5 rings (SSSR count). The fourth-order valence-electron chi connectivity index (χ4n) is 5.35. The number of fused-ring (bicyclic) bond motifs is 3. The monoisotopic (exact) mass is 623 g/mol. The number of ether oxygens (including phenoxy) is 2. The highest BCUT2D eigenvalue weighted by Crippen LogP contribution is 2.50. The number of hydrogen-bond donors (Lipinski definition) is 2. The molecule has 44 heavy (non-hydrogen) atoms. The Kier molecular flexibility index (Phi) is 9.15. The van der Waals surface area contributed by atoms with Gasteiger partial charge in [0.25, 0.3) is 0 Å².